The zero-order chi connectivity index (χ0) is 11.2. The lowest BCUT2D eigenvalue weighted by molar-refractivity contribution is -0.150. The van der Waals surface area contributed by atoms with Gasteiger partial charge in [0.2, 0.25) is 0 Å². The first kappa shape index (κ1) is 13.4. The summed E-state index contributed by atoms with van der Waals surface area (Å²) in [5.41, 5.74) is 2.23. The molecule has 2 N–H and O–H groups in total. The third kappa shape index (κ3) is 6.86. The SMILES string of the molecule is CCCCC(NOC(C)(C)C)C(=O)O. The van der Waals surface area contributed by atoms with Crippen molar-refractivity contribution in [2.45, 2.75) is 58.6 Å². The molecule has 0 saturated carbocycles. The number of aliphatic carboxylic acids is 1. The maximum atomic E-state index is 10.8. The van der Waals surface area contributed by atoms with Crippen molar-refractivity contribution in [2.24, 2.45) is 0 Å². The second kappa shape index (κ2) is 5.98. The van der Waals surface area contributed by atoms with Crippen molar-refractivity contribution >= 4 is 5.97 Å². The van der Waals surface area contributed by atoms with Crippen LogP contribution in [0.2, 0.25) is 0 Å². The van der Waals surface area contributed by atoms with Gasteiger partial charge in [0.05, 0.1) is 5.60 Å². The molecule has 0 aromatic carbocycles. The standard InChI is InChI=1S/C10H21NO3/c1-5-6-7-8(9(12)13)11-14-10(2,3)4/h8,11H,5-7H2,1-4H3,(H,12,13). The second-order valence-electron chi connectivity index (χ2n) is 4.37. The van der Waals surface area contributed by atoms with Gasteiger partial charge in [-0.05, 0) is 27.2 Å². The van der Waals surface area contributed by atoms with Crippen LogP contribution < -0.4 is 5.48 Å². The molecule has 4 nitrogen and oxygen atoms in total. The molecule has 0 fully saturated rings. The topological polar surface area (TPSA) is 58.6 Å². The quantitative estimate of drug-likeness (QED) is 0.648. The lowest BCUT2D eigenvalue weighted by Crippen LogP contribution is -2.41. The normalized spacial score (nSPS) is 14.0. The number of hydrogen-bond acceptors (Lipinski definition) is 3. The molecule has 0 aliphatic carbocycles. The minimum atomic E-state index is -0.859. The first-order valence-corrected chi connectivity index (χ1v) is 5.03. The molecule has 0 aliphatic heterocycles. The molecule has 0 saturated heterocycles. The summed E-state index contributed by atoms with van der Waals surface area (Å²) < 4.78 is 0. The summed E-state index contributed by atoms with van der Waals surface area (Å²) in [6.07, 6.45) is 2.47. The zero-order valence-electron chi connectivity index (χ0n) is 9.46. The van der Waals surface area contributed by atoms with Crippen LogP contribution in [0.1, 0.15) is 47.0 Å². The van der Waals surface area contributed by atoms with Gasteiger partial charge in [-0.3, -0.25) is 9.63 Å². The molecule has 0 amide bonds. The zero-order valence-corrected chi connectivity index (χ0v) is 9.46. The predicted octanol–water partition coefficient (Wildman–Crippen LogP) is 1.95. The van der Waals surface area contributed by atoms with E-state index in [0.29, 0.717) is 6.42 Å². The maximum Gasteiger partial charge on any atom is 0.323 e. The first-order valence-electron chi connectivity index (χ1n) is 5.03. The van der Waals surface area contributed by atoms with Crippen molar-refractivity contribution in [3.63, 3.8) is 0 Å². The van der Waals surface area contributed by atoms with Crippen LogP contribution in [0.25, 0.3) is 0 Å². The molecule has 0 bridgehead atoms. The smallest absolute Gasteiger partial charge is 0.323 e. The van der Waals surface area contributed by atoms with E-state index in [9.17, 15) is 4.79 Å². The van der Waals surface area contributed by atoms with Crippen LogP contribution in [-0.4, -0.2) is 22.7 Å². The highest BCUT2D eigenvalue weighted by atomic mass is 16.7. The highest BCUT2D eigenvalue weighted by Crippen LogP contribution is 2.07. The molecule has 0 heterocycles. The van der Waals surface area contributed by atoms with E-state index in [0.717, 1.165) is 12.8 Å². The van der Waals surface area contributed by atoms with Crippen molar-refractivity contribution in [2.75, 3.05) is 0 Å². The number of nitrogens with one attached hydrogen (secondary N) is 1. The van der Waals surface area contributed by atoms with Gasteiger partial charge < -0.3 is 5.11 Å². The van der Waals surface area contributed by atoms with E-state index in [1.165, 1.54) is 0 Å². The van der Waals surface area contributed by atoms with Gasteiger partial charge in [-0.1, -0.05) is 19.8 Å². The fourth-order valence-electron chi connectivity index (χ4n) is 0.889. The van der Waals surface area contributed by atoms with Crippen LogP contribution in [0, 0.1) is 0 Å². The van der Waals surface area contributed by atoms with E-state index >= 15 is 0 Å². The Labute approximate surface area is 85.6 Å². The monoisotopic (exact) mass is 203 g/mol. The van der Waals surface area contributed by atoms with Crippen LogP contribution in [0.5, 0.6) is 0 Å². The molecule has 0 aliphatic rings. The van der Waals surface area contributed by atoms with Gasteiger partial charge in [0, 0.05) is 0 Å². The average Bonchev–Trinajstić information content (AvgIpc) is 2.01. The molecule has 0 spiro atoms. The summed E-state index contributed by atoms with van der Waals surface area (Å²) >= 11 is 0. The number of unbranched alkanes of at least 4 members (excludes halogenated alkanes) is 1. The molecule has 14 heavy (non-hydrogen) atoms. The number of hydroxylamine groups is 1. The third-order valence-electron chi connectivity index (χ3n) is 1.65. The van der Waals surface area contributed by atoms with E-state index in [2.05, 4.69) is 5.48 Å². The van der Waals surface area contributed by atoms with Gasteiger partial charge in [-0.15, -0.1) is 0 Å². The Morgan fingerprint density at radius 3 is 2.43 bits per heavy atom. The van der Waals surface area contributed by atoms with E-state index in [-0.39, 0.29) is 5.60 Å². The first-order chi connectivity index (χ1) is 6.37. The Morgan fingerprint density at radius 2 is 2.07 bits per heavy atom. The minimum absolute atomic E-state index is 0.361. The Balaban J connectivity index is 3.91. The Hall–Kier alpha value is -0.610. The highest BCUT2D eigenvalue weighted by Gasteiger charge is 2.19. The van der Waals surface area contributed by atoms with Gasteiger partial charge in [0.1, 0.15) is 6.04 Å². The number of carboxylic acids is 1. The molecule has 0 aromatic heterocycles. The van der Waals surface area contributed by atoms with Crippen LogP contribution >= 0.6 is 0 Å². The van der Waals surface area contributed by atoms with E-state index < -0.39 is 12.0 Å². The number of carbonyl (C=O) groups is 1. The lowest BCUT2D eigenvalue weighted by Gasteiger charge is -2.22. The molecular formula is C10H21NO3. The summed E-state index contributed by atoms with van der Waals surface area (Å²) in [6.45, 7) is 7.65. The van der Waals surface area contributed by atoms with Crippen LogP contribution in [0.4, 0.5) is 0 Å². The fraction of sp³-hybridized carbons (Fsp3) is 0.900. The number of hydrogen-bond donors (Lipinski definition) is 2. The van der Waals surface area contributed by atoms with Crippen LogP contribution in [-0.2, 0) is 9.63 Å². The molecular weight excluding hydrogens is 182 g/mol. The van der Waals surface area contributed by atoms with Crippen molar-refractivity contribution in [3.05, 3.63) is 0 Å². The molecule has 84 valence electrons. The summed E-state index contributed by atoms with van der Waals surface area (Å²) in [4.78, 5) is 16.0. The van der Waals surface area contributed by atoms with E-state index in [1.807, 2.05) is 27.7 Å². The summed E-state index contributed by atoms with van der Waals surface area (Å²) in [5.74, 6) is -0.859. The Morgan fingerprint density at radius 1 is 1.50 bits per heavy atom. The van der Waals surface area contributed by atoms with Crippen molar-refractivity contribution in [1.29, 1.82) is 0 Å². The molecule has 1 atom stereocenters. The van der Waals surface area contributed by atoms with Crippen molar-refractivity contribution in [3.8, 4) is 0 Å². The minimum Gasteiger partial charge on any atom is -0.480 e. The third-order valence-corrected chi connectivity index (χ3v) is 1.65. The summed E-state index contributed by atoms with van der Waals surface area (Å²) in [7, 11) is 0. The molecule has 0 radical (unpaired) electrons. The number of rotatable bonds is 6. The van der Waals surface area contributed by atoms with Crippen molar-refractivity contribution in [1.82, 2.24) is 5.48 Å². The summed E-state index contributed by atoms with van der Waals surface area (Å²) in [5, 5.41) is 8.85. The Bertz CT molecular complexity index is 175. The van der Waals surface area contributed by atoms with Gasteiger partial charge in [-0.2, -0.15) is 5.48 Å². The highest BCUT2D eigenvalue weighted by molar-refractivity contribution is 5.73. The molecule has 0 aromatic rings. The van der Waals surface area contributed by atoms with Crippen molar-refractivity contribution < 1.29 is 14.7 Å². The second-order valence-corrected chi connectivity index (χ2v) is 4.37. The lowest BCUT2D eigenvalue weighted by atomic mass is 10.1. The van der Waals surface area contributed by atoms with E-state index in [4.69, 9.17) is 9.94 Å². The molecule has 0 rings (SSSR count). The summed E-state index contributed by atoms with van der Waals surface area (Å²) in [6, 6.07) is -0.603. The van der Waals surface area contributed by atoms with Crippen LogP contribution in [0.3, 0.4) is 0 Å². The van der Waals surface area contributed by atoms with Gasteiger partial charge in [0.15, 0.2) is 0 Å². The van der Waals surface area contributed by atoms with Gasteiger partial charge in [0.25, 0.3) is 0 Å². The molecule has 1 unspecified atom stereocenters. The Kier molecular flexibility index (Phi) is 5.72. The van der Waals surface area contributed by atoms with E-state index in [1.54, 1.807) is 0 Å². The fourth-order valence-corrected chi connectivity index (χ4v) is 0.889. The predicted molar refractivity (Wildman–Crippen MR) is 54.9 cm³/mol. The largest absolute Gasteiger partial charge is 0.480 e. The van der Waals surface area contributed by atoms with Gasteiger partial charge >= 0.3 is 5.97 Å². The number of carboxylic acid groups (broad SMARTS) is 1. The maximum absolute atomic E-state index is 10.8. The van der Waals surface area contributed by atoms with Gasteiger partial charge in [-0.25, -0.2) is 0 Å². The average molecular weight is 203 g/mol. The van der Waals surface area contributed by atoms with Crippen LogP contribution in [0.15, 0.2) is 0 Å². The molecule has 4 heteroatoms.